The number of nitrogens with one attached hydrogen (secondary N) is 1. The predicted octanol–water partition coefficient (Wildman–Crippen LogP) is 2.31. The fourth-order valence-electron chi connectivity index (χ4n) is 3.42. The lowest BCUT2D eigenvalue weighted by Crippen LogP contribution is -2.41. The smallest absolute Gasteiger partial charge is 0.410 e. The average molecular weight is 414 g/mol. The number of ether oxygens (including phenoxy) is 2. The highest BCUT2D eigenvalue weighted by atomic mass is 16.6. The van der Waals surface area contributed by atoms with Crippen LogP contribution in [0.15, 0.2) is 18.6 Å². The third-order valence-electron chi connectivity index (χ3n) is 5.15. The summed E-state index contributed by atoms with van der Waals surface area (Å²) in [5.74, 6) is 0.155. The molecule has 10 nitrogen and oxygen atoms in total. The molecule has 1 aliphatic carbocycles. The molecule has 2 aliphatic rings. The van der Waals surface area contributed by atoms with Gasteiger partial charge < -0.3 is 19.7 Å². The van der Waals surface area contributed by atoms with Crippen molar-refractivity contribution in [3.8, 4) is 0 Å². The Morgan fingerprint density at radius 1 is 1.13 bits per heavy atom. The van der Waals surface area contributed by atoms with E-state index in [4.69, 9.17) is 9.47 Å². The van der Waals surface area contributed by atoms with E-state index in [-0.39, 0.29) is 6.09 Å². The minimum absolute atomic E-state index is 0.313. The molecule has 3 heterocycles. The van der Waals surface area contributed by atoms with E-state index in [9.17, 15) is 9.59 Å². The second-order valence-corrected chi connectivity index (χ2v) is 8.62. The largest absolute Gasteiger partial charge is 0.465 e. The first kappa shape index (κ1) is 20.1. The molecule has 1 N–H and O–H groups in total. The van der Waals surface area contributed by atoms with Crippen molar-refractivity contribution in [3.63, 3.8) is 0 Å². The highest BCUT2D eigenvalue weighted by Gasteiger charge is 2.48. The van der Waals surface area contributed by atoms with E-state index >= 15 is 0 Å². The fraction of sp³-hybridized carbons (Fsp3) is 0.550. The van der Waals surface area contributed by atoms with Crippen LogP contribution in [0.5, 0.6) is 0 Å². The monoisotopic (exact) mass is 414 g/mol. The van der Waals surface area contributed by atoms with E-state index in [1.54, 1.807) is 11.1 Å². The van der Waals surface area contributed by atoms with Crippen molar-refractivity contribution >= 4 is 17.7 Å². The number of carbonyl (C=O) groups excluding carboxylic acids is 2. The van der Waals surface area contributed by atoms with Gasteiger partial charge in [-0.1, -0.05) is 0 Å². The van der Waals surface area contributed by atoms with Crippen LogP contribution < -0.4 is 5.32 Å². The first-order valence-electron chi connectivity index (χ1n) is 9.92. The highest BCUT2D eigenvalue weighted by molar-refractivity contribution is 5.88. The van der Waals surface area contributed by atoms with E-state index < -0.39 is 17.1 Å². The summed E-state index contributed by atoms with van der Waals surface area (Å²) in [5, 5.41) is 7.97. The molecule has 0 saturated heterocycles. The molecule has 160 valence electrons. The molecule has 1 aliphatic heterocycles. The van der Waals surface area contributed by atoms with Crippen molar-refractivity contribution in [3.05, 3.63) is 35.7 Å². The number of aromatic nitrogens is 4. The minimum atomic E-state index is -0.540. The standard InChI is InChI=1S/C20H26N6O4/c1-19(2,3)30-18(28)25-7-8-26-15(12-25)14(11-23-26)24-20(5-6-20)17-21-9-13(10-22-17)16(27)29-4/h9-11,24H,5-8,12H2,1-4H3. The quantitative estimate of drug-likeness (QED) is 0.759. The van der Waals surface area contributed by atoms with Crippen molar-refractivity contribution < 1.29 is 19.1 Å². The number of rotatable bonds is 4. The maximum absolute atomic E-state index is 12.5. The molecule has 30 heavy (non-hydrogen) atoms. The predicted molar refractivity (Wildman–Crippen MR) is 107 cm³/mol. The first-order chi connectivity index (χ1) is 14.2. The summed E-state index contributed by atoms with van der Waals surface area (Å²) in [5.41, 5.74) is 1.15. The molecule has 0 aromatic carbocycles. The molecule has 4 rings (SSSR count). The molecular weight excluding hydrogens is 388 g/mol. The Labute approximate surface area is 174 Å². The number of hydrogen-bond donors (Lipinski definition) is 1. The molecule has 2 aromatic heterocycles. The number of hydrogen-bond acceptors (Lipinski definition) is 8. The summed E-state index contributed by atoms with van der Waals surface area (Å²) in [6.45, 7) is 7.13. The van der Waals surface area contributed by atoms with Gasteiger partial charge in [-0.3, -0.25) is 4.68 Å². The number of esters is 1. The zero-order valence-corrected chi connectivity index (χ0v) is 17.6. The van der Waals surface area contributed by atoms with E-state index in [0.717, 1.165) is 24.2 Å². The fourth-order valence-corrected chi connectivity index (χ4v) is 3.42. The van der Waals surface area contributed by atoms with Crippen molar-refractivity contribution in [1.29, 1.82) is 0 Å². The number of fused-ring (bicyclic) bond motifs is 1. The van der Waals surface area contributed by atoms with Gasteiger partial charge in [-0.2, -0.15) is 5.10 Å². The molecule has 0 unspecified atom stereocenters. The van der Waals surface area contributed by atoms with E-state index in [2.05, 4.69) is 20.4 Å². The Morgan fingerprint density at radius 3 is 2.43 bits per heavy atom. The van der Waals surface area contributed by atoms with Gasteiger partial charge in [-0.15, -0.1) is 0 Å². The summed E-state index contributed by atoms with van der Waals surface area (Å²) in [4.78, 5) is 34.5. The lowest BCUT2D eigenvalue weighted by molar-refractivity contribution is 0.0195. The summed E-state index contributed by atoms with van der Waals surface area (Å²) in [7, 11) is 1.32. The van der Waals surface area contributed by atoms with Crippen LogP contribution in [0.2, 0.25) is 0 Å². The number of anilines is 1. The van der Waals surface area contributed by atoms with Crippen molar-refractivity contribution in [2.24, 2.45) is 0 Å². The Bertz CT molecular complexity index is 959. The molecule has 2 aromatic rings. The van der Waals surface area contributed by atoms with Gasteiger partial charge in [0.15, 0.2) is 5.82 Å². The van der Waals surface area contributed by atoms with Crippen LogP contribution >= 0.6 is 0 Å². The van der Waals surface area contributed by atoms with Gasteiger partial charge in [0.1, 0.15) is 5.60 Å². The molecule has 1 amide bonds. The number of carbonyl (C=O) groups is 2. The second-order valence-electron chi connectivity index (χ2n) is 8.62. The number of amides is 1. The molecule has 0 atom stereocenters. The maximum atomic E-state index is 12.5. The zero-order valence-electron chi connectivity index (χ0n) is 17.6. The van der Waals surface area contributed by atoms with Gasteiger partial charge in [0.2, 0.25) is 0 Å². The summed E-state index contributed by atoms with van der Waals surface area (Å²) >= 11 is 0. The maximum Gasteiger partial charge on any atom is 0.410 e. The van der Waals surface area contributed by atoms with Crippen LogP contribution in [-0.4, -0.2) is 56.0 Å². The van der Waals surface area contributed by atoms with Crippen LogP contribution in [0.4, 0.5) is 10.5 Å². The van der Waals surface area contributed by atoms with Crippen LogP contribution in [0.25, 0.3) is 0 Å². The SMILES string of the molecule is COC(=O)c1cnc(C2(Nc3cnn4c3CN(C(=O)OC(C)(C)C)CC4)CC2)nc1. The second kappa shape index (κ2) is 7.26. The topological polar surface area (TPSA) is 111 Å². The normalized spacial score (nSPS) is 17.1. The van der Waals surface area contributed by atoms with Gasteiger partial charge in [0, 0.05) is 18.9 Å². The Balaban J connectivity index is 1.50. The first-order valence-corrected chi connectivity index (χ1v) is 9.92. The van der Waals surface area contributed by atoms with Crippen molar-refractivity contribution in [2.45, 2.75) is 57.8 Å². The van der Waals surface area contributed by atoms with Crippen LogP contribution in [0.3, 0.4) is 0 Å². The molecule has 0 radical (unpaired) electrons. The summed E-state index contributed by atoms with van der Waals surface area (Å²) < 4.78 is 12.1. The molecule has 10 heteroatoms. The van der Waals surface area contributed by atoms with Gasteiger partial charge in [0.05, 0.1) is 48.9 Å². The van der Waals surface area contributed by atoms with Crippen molar-refractivity contribution in [2.75, 3.05) is 19.0 Å². The van der Waals surface area contributed by atoms with Crippen molar-refractivity contribution in [1.82, 2.24) is 24.6 Å². The highest BCUT2D eigenvalue weighted by Crippen LogP contribution is 2.47. The van der Waals surface area contributed by atoms with E-state index in [1.165, 1.54) is 19.5 Å². The third kappa shape index (κ3) is 3.94. The van der Waals surface area contributed by atoms with E-state index in [1.807, 2.05) is 25.5 Å². The molecule has 1 fully saturated rings. The molecule has 1 saturated carbocycles. The van der Waals surface area contributed by atoms with Gasteiger partial charge in [-0.25, -0.2) is 19.6 Å². The van der Waals surface area contributed by atoms with Crippen LogP contribution in [-0.2, 0) is 28.1 Å². The summed E-state index contributed by atoms with van der Waals surface area (Å²) in [6.07, 6.45) is 6.14. The number of methoxy groups -OCH3 is 1. The van der Waals surface area contributed by atoms with Gasteiger partial charge in [-0.05, 0) is 33.6 Å². The number of nitrogens with zero attached hydrogens (tertiary/aromatic N) is 5. The lowest BCUT2D eigenvalue weighted by Gasteiger charge is -2.31. The zero-order chi connectivity index (χ0) is 21.5. The Kier molecular flexibility index (Phi) is 4.87. The molecule has 0 spiro atoms. The molecule has 0 bridgehead atoms. The van der Waals surface area contributed by atoms with Gasteiger partial charge >= 0.3 is 12.1 Å². The minimum Gasteiger partial charge on any atom is -0.465 e. The Hall–Kier alpha value is -3.17. The van der Waals surface area contributed by atoms with Crippen LogP contribution in [0.1, 0.15) is 55.5 Å². The third-order valence-corrected chi connectivity index (χ3v) is 5.15. The summed E-state index contributed by atoms with van der Waals surface area (Å²) in [6, 6.07) is 0. The van der Waals surface area contributed by atoms with Gasteiger partial charge in [0.25, 0.3) is 0 Å². The van der Waals surface area contributed by atoms with E-state index in [0.29, 0.717) is 31.0 Å². The lowest BCUT2D eigenvalue weighted by atomic mass is 10.2. The molecular formula is C20H26N6O4. The Morgan fingerprint density at radius 2 is 1.83 bits per heavy atom. The van der Waals surface area contributed by atoms with Crippen LogP contribution in [0, 0.1) is 0 Å². The average Bonchev–Trinajstić information content (AvgIpc) is 3.39.